The standard InChI is InChI=1S/C13H27P/c1-12(2,3)14(13(4,5)6)11-9-7-8-10-11/h11H,7-10H2,1-6H3/p+1. The molecule has 0 saturated heterocycles. The molecule has 0 aromatic carbocycles. The molecule has 0 heterocycles. The SMILES string of the molecule is CC(C)(C)[PH+](C1CCCC1)C(C)(C)C. The molecule has 0 aromatic heterocycles. The van der Waals surface area contributed by atoms with Gasteiger partial charge in [-0.2, -0.15) is 0 Å². The van der Waals surface area contributed by atoms with Crippen molar-refractivity contribution in [2.24, 2.45) is 0 Å². The van der Waals surface area contributed by atoms with Gasteiger partial charge in [0.2, 0.25) is 0 Å². The normalized spacial score (nSPS) is 20.8. The van der Waals surface area contributed by atoms with Gasteiger partial charge >= 0.3 is 0 Å². The van der Waals surface area contributed by atoms with Crippen LogP contribution in [0.4, 0.5) is 0 Å². The maximum atomic E-state index is 2.46. The molecule has 1 saturated carbocycles. The van der Waals surface area contributed by atoms with Crippen molar-refractivity contribution in [2.75, 3.05) is 0 Å². The fraction of sp³-hybridized carbons (Fsp3) is 1.00. The molecular weight excluding hydrogens is 187 g/mol. The second-order valence-corrected chi connectivity index (χ2v) is 11.5. The van der Waals surface area contributed by atoms with E-state index in [1.807, 2.05) is 0 Å². The van der Waals surface area contributed by atoms with E-state index in [9.17, 15) is 0 Å². The maximum absolute atomic E-state index is 2.46. The summed E-state index contributed by atoms with van der Waals surface area (Å²) in [7, 11) is -0.253. The van der Waals surface area contributed by atoms with Crippen molar-refractivity contribution in [1.29, 1.82) is 0 Å². The fourth-order valence-corrected chi connectivity index (χ4v) is 9.25. The topological polar surface area (TPSA) is 0 Å². The minimum Gasteiger partial charge on any atom is -0.0494 e. The molecule has 84 valence electrons. The summed E-state index contributed by atoms with van der Waals surface area (Å²) in [5, 5.41) is 1.13. The zero-order chi connectivity index (χ0) is 11.0. The minimum absolute atomic E-state index is 0.253. The fourth-order valence-electron chi connectivity index (χ4n) is 3.56. The first-order chi connectivity index (χ1) is 6.23. The van der Waals surface area contributed by atoms with Crippen LogP contribution in [0, 0.1) is 0 Å². The van der Waals surface area contributed by atoms with E-state index in [4.69, 9.17) is 0 Å². The predicted octanol–water partition coefficient (Wildman–Crippen LogP) is 4.74. The van der Waals surface area contributed by atoms with E-state index in [-0.39, 0.29) is 7.92 Å². The lowest BCUT2D eigenvalue weighted by molar-refractivity contribution is 0.676. The van der Waals surface area contributed by atoms with E-state index in [1.54, 1.807) is 0 Å². The number of rotatable bonds is 1. The third kappa shape index (κ3) is 2.96. The number of hydrogen-bond donors (Lipinski definition) is 0. The molecule has 1 rings (SSSR count). The van der Waals surface area contributed by atoms with Crippen LogP contribution >= 0.6 is 7.92 Å². The average Bonchev–Trinajstić information content (AvgIpc) is 2.31. The van der Waals surface area contributed by atoms with Gasteiger partial charge in [0, 0.05) is 7.92 Å². The van der Waals surface area contributed by atoms with Crippen molar-refractivity contribution in [3.63, 3.8) is 0 Å². The Labute approximate surface area is 91.6 Å². The van der Waals surface area contributed by atoms with Crippen molar-refractivity contribution in [3.05, 3.63) is 0 Å². The van der Waals surface area contributed by atoms with Crippen LogP contribution < -0.4 is 0 Å². The molecule has 0 spiro atoms. The highest BCUT2D eigenvalue weighted by atomic mass is 31.1. The van der Waals surface area contributed by atoms with E-state index in [0.29, 0.717) is 10.3 Å². The van der Waals surface area contributed by atoms with Crippen LogP contribution in [-0.4, -0.2) is 16.0 Å². The molecule has 0 unspecified atom stereocenters. The summed E-state index contributed by atoms with van der Waals surface area (Å²) in [5.74, 6) is 0. The molecule has 0 nitrogen and oxygen atoms in total. The summed E-state index contributed by atoms with van der Waals surface area (Å²) in [6, 6.07) is 0. The van der Waals surface area contributed by atoms with Crippen LogP contribution in [-0.2, 0) is 0 Å². The van der Waals surface area contributed by atoms with Gasteiger partial charge < -0.3 is 0 Å². The maximum Gasteiger partial charge on any atom is 0.0701 e. The van der Waals surface area contributed by atoms with Gasteiger partial charge in [0.1, 0.15) is 0 Å². The Morgan fingerprint density at radius 1 is 0.786 bits per heavy atom. The Morgan fingerprint density at radius 3 is 1.43 bits per heavy atom. The summed E-state index contributed by atoms with van der Waals surface area (Å²) in [4.78, 5) is 0. The second-order valence-electron chi connectivity index (χ2n) is 6.90. The lowest BCUT2D eigenvalue weighted by atomic mass is 10.2. The largest absolute Gasteiger partial charge is 0.0701 e. The van der Waals surface area contributed by atoms with Crippen LogP contribution in [0.25, 0.3) is 0 Å². The van der Waals surface area contributed by atoms with Gasteiger partial charge in [0.15, 0.2) is 0 Å². The Bertz CT molecular complexity index is 162. The van der Waals surface area contributed by atoms with Gasteiger partial charge in [-0.15, -0.1) is 0 Å². The molecule has 1 aliphatic rings. The van der Waals surface area contributed by atoms with Gasteiger partial charge in [-0.1, -0.05) is 0 Å². The Kier molecular flexibility index (Phi) is 3.68. The summed E-state index contributed by atoms with van der Waals surface area (Å²) >= 11 is 0. The molecule has 0 aromatic rings. The quantitative estimate of drug-likeness (QED) is 0.554. The molecule has 0 bridgehead atoms. The molecule has 0 atom stereocenters. The van der Waals surface area contributed by atoms with Gasteiger partial charge in [-0.3, -0.25) is 0 Å². The van der Waals surface area contributed by atoms with Crippen molar-refractivity contribution < 1.29 is 0 Å². The lowest BCUT2D eigenvalue weighted by Gasteiger charge is -2.37. The Balaban J connectivity index is 2.82. The van der Waals surface area contributed by atoms with Gasteiger partial charge in [0.25, 0.3) is 0 Å². The summed E-state index contributed by atoms with van der Waals surface area (Å²) in [5.41, 5.74) is 1.08. The molecular formula is C13H28P+. The smallest absolute Gasteiger partial charge is 0.0494 e. The summed E-state index contributed by atoms with van der Waals surface area (Å²) in [6.45, 7) is 14.8. The van der Waals surface area contributed by atoms with Crippen LogP contribution in [0.5, 0.6) is 0 Å². The summed E-state index contributed by atoms with van der Waals surface area (Å²) in [6.07, 6.45) is 6.02. The highest BCUT2D eigenvalue weighted by Crippen LogP contribution is 2.65. The first-order valence-corrected chi connectivity index (χ1v) is 7.68. The molecule has 0 amide bonds. The van der Waals surface area contributed by atoms with E-state index >= 15 is 0 Å². The molecule has 0 N–H and O–H groups in total. The second kappa shape index (κ2) is 4.12. The van der Waals surface area contributed by atoms with Crippen molar-refractivity contribution >= 4 is 7.92 Å². The van der Waals surface area contributed by atoms with Crippen LogP contribution in [0.1, 0.15) is 67.2 Å². The van der Waals surface area contributed by atoms with Crippen molar-refractivity contribution in [2.45, 2.75) is 83.2 Å². The minimum atomic E-state index is -0.253. The highest BCUT2D eigenvalue weighted by Gasteiger charge is 2.47. The Morgan fingerprint density at radius 2 is 1.14 bits per heavy atom. The molecule has 1 heteroatoms. The number of hydrogen-bond acceptors (Lipinski definition) is 0. The third-order valence-electron chi connectivity index (χ3n) is 3.38. The van der Waals surface area contributed by atoms with Gasteiger partial charge in [-0.05, 0) is 67.2 Å². The monoisotopic (exact) mass is 215 g/mol. The van der Waals surface area contributed by atoms with E-state index in [2.05, 4.69) is 41.5 Å². The molecule has 0 aliphatic heterocycles. The highest BCUT2D eigenvalue weighted by molar-refractivity contribution is 7.61. The van der Waals surface area contributed by atoms with Crippen LogP contribution in [0.3, 0.4) is 0 Å². The van der Waals surface area contributed by atoms with E-state index in [0.717, 1.165) is 5.66 Å². The Hall–Kier alpha value is 0.430. The van der Waals surface area contributed by atoms with Gasteiger partial charge in [0.05, 0.1) is 16.0 Å². The van der Waals surface area contributed by atoms with Crippen molar-refractivity contribution in [1.82, 2.24) is 0 Å². The van der Waals surface area contributed by atoms with Crippen LogP contribution in [0.15, 0.2) is 0 Å². The zero-order valence-corrected chi connectivity index (χ0v) is 11.9. The van der Waals surface area contributed by atoms with E-state index < -0.39 is 0 Å². The predicted molar refractivity (Wildman–Crippen MR) is 70.1 cm³/mol. The first kappa shape index (κ1) is 12.5. The molecule has 14 heavy (non-hydrogen) atoms. The third-order valence-corrected chi connectivity index (χ3v) is 8.01. The van der Waals surface area contributed by atoms with E-state index in [1.165, 1.54) is 25.7 Å². The lowest BCUT2D eigenvalue weighted by Crippen LogP contribution is -2.30. The molecule has 1 fully saturated rings. The zero-order valence-electron chi connectivity index (χ0n) is 10.9. The molecule has 1 aliphatic carbocycles. The summed E-state index contributed by atoms with van der Waals surface area (Å²) < 4.78 is 0. The molecule has 0 radical (unpaired) electrons. The van der Waals surface area contributed by atoms with Crippen molar-refractivity contribution in [3.8, 4) is 0 Å². The van der Waals surface area contributed by atoms with Gasteiger partial charge in [-0.25, -0.2) is 0 Å². The first-order valence-electron chi connectivity index (χ1n) is 6.11. The van der Waals surface area contributed by atoms with Crippen LogP contribution in [0.2, 0.25) is 0 Å². The average molecular weight is 215 g/mol.